The van der Waals surface area contributed by atoms with Gasteiger partial charge in [-0.05, 0) is 42.5 Å². The molecule has 7 heteroatoms. The molecule has 2 aliphatic rings. The zero-order chi connectivity index (χ0) is 19.7. The van der Waals surface area contributed by atoms with Crippen LogP contribution >= 0.6 is 0 Å². The smallest absolute Gasteiger partial charge is 0.409 e. The Morgan fingerprint density at radius 1 is 1.18 bits per heavy atom. The van der Waals surface area contributed by atoms with E-state index in [0.29, 0.717) is 23.5 Å². The maximum atomic E-state index is 12.3. The highest BCUT2D eigenvalue weighted by atomic mass is 16.6. The number of fused-ring (bicyclic) bond motifs is 1. The van der Waals surface area contributed by atoms with Crippen molar-refractivity contribution in [2.45, 2.75) is 25.3 Å². The van der Waals surface area contributed by atoms with E-state index in [1.807, 2.05) is 36.4 Å². The molecular formula is C21H18N2O5. The summed E-state index contributed by atoms with van der Waals surface area (Å²) in [5.74, 6) is -0.906. The zero-order valence-electron chi connectivity index (χ0n) is 14.9. The molecule has 3 amide bonds. The van der Waals surface area contributed by atoms with Crippen LogP contribution in [-0.4, -0.2) is 34.2 Å². The number of hydrogen-bond donors (Lipinski definition) is 2. The molecule has 7 nitrogen and oxygen atoms in total. The van der Waals surface area contributed by atoms with Crippen LogP contribution in [-0.2, 0) is 6.42 Å². The molecule has 0 spiro atoms. The molecule has 0 bridgehead atoms. The van der Waals surface area contributed by atoms with Crippen molar-refractivity contribution in [3.63, 3.8) is 0 Å². The minimum absolute atomic E-state index is 0.0977. The van der Waals surface area contributed by atoms with Crippen LogP contribution in [0.5, 0.6) is 5.75 Å². The van der Waals surface area contributed by atoms with Gasteiger partial charge in [-0.3, -0.25) is 20.1 Å². The third-order valence-corrected chi connectivity index (χ3v) is 4.82. The van der Waals surface area contributed by atoms with Gasteiger partial charge in [-0.15, -0.1) is 0 Å². The lowest BCUT2D eigenvalue weighted by atomic mass is 9.96. The molecule has 0 fully saturated rings. The first-order valence-corrected chi connectivity index (χ1v) is 8.96. The van der Waals surface area contributed by atoms with Crippen molar-refractivity contribution < 1.29 is 24.3 Å². The van der Waals surface area contributed by atoms with Crippen LogP contribution < -0.4 is 10.1 Å². The molecule has 0 saturated carbocycles. The maximum Gasteiger partial charge on any atom is 0.439 e. The van der Waals surface area contributed by atoms with Crippen LogP contribution in [0.1, 0.15) is 44.7 Å². The molecule has 1 aliphatic heterocycles. The van der Waals surface area contributed by atoms with E-state index in [0.717, 1.165) is 12.0 Å². The molecule has 2 aromatic rings. The van der Waals surface area contributed by atoms with Gasteiger partial charge in [-0.25, -0.2) is 4.79 Å². The first-order valence-electron chi connectivity index (χ1n) is 8.96. The number of carbonyl (C=O) groups is 3. The summed E-state index contributed by atoms with van der Waals surface area (Å²) in [7, 11) is 0. The molecule has 0 aromatic heterocycles. The number of allylic oxidation sites excluding steroid dienone is 1. The predicted molar refractivity (Wildman–Crippen MR) is 99.3 cm³/mol. The number of benzene rings is 2. The fraction of sp³-hybridized carbons (Fsp3) is 0.190. The third kappa shape index (κ3) is 3.39. The largest absolute Gasteiger partial charge is 0.439 e. The first-order chi connectivity index (χ1) is 13.5. The van der Waals surface area contributed by atoms with Crippen molar-refractivity contribution in [3.8, 4) is 5.75 Å². The number of ether oxygens (including phenoxy) is 1. The molecule has 1 heterocycles. The second-order valence-electron chi connectivity index (χ2n) is 6.74. The van der Waals surface area contributed by atoms with Gasteiger partial charge in [0, 0.05) is 0 Å². The Balaban J connectivity index is 1.65. The molecule has 1 aliphatic carbocycles. The minimum atomic E-state index is -0.938. The number of rotatable bonds is 4. The average Bonchev–Trinajstić information content (AvgIpc) is 3.31. The second kappa shape index (κ2) is 7.28. The lowest BCUT2D eigenvalue weighted by molar-refractivity contribution is -0.0802. The summed E-state index contributed by atoms with van der Waals surface area (Å²) in [5.41, 5.74) is 1.96. The van der Waals surface area contributed by atoms with E-state index in [2.05, 4.69) is 5.32 Å². The summed E-state index contributed by atoms with van der Waals surface area (Å²) < 4.78 is 5.29. The van der Waals surface area contributed by atoms with E-state index in [4.69, 9.17) is 4.74 Å². The summed E-state index contributed by atoms with van der Waals surface area (Å²) in [4.78, 5) is 36.6. The summed E-state index contributed by atoms with van der Waals surface area (Å²) in [6.07, 6.45) is 4.46. The third-order valence-electron chi connectivity index (χ3n) is 4.82. The van der Waals surface area contributed by atoms with E-state index in [1.165, 1.54) is 6.07 Å². The van der Waals surface area contributed by atoms with Crippen molar-refractivity contribution in [1.29, 1.82) is 0 Å². The van der Waals surface area contributed by atoms with Gasteiger partial charge < -0.3 is 4.74 Å². The Kier molecular flexibility index (Phi) is 4.67. The normalized spacial score (nSPS) is 17.4. The molecule has 4 rings (SSSR count). The van der Waals surface area contributed by atoms with Gasteiger partial charge in [-0.2, -0.15) is 5.06 Å². The SMILES string of the molecule is O=C1NC(=O)c2c(Cc3ccccc3)cc(OC(=O)N(O)C3C=CCC3)cc21. The van der Waals surface area contributed by atoms with Gasteiger partial charge in [0.15, 0.2) is 0 Å². The molecule has 1 atom stereocenters. The molecule has 2 N–H and O–H groups in total. The molecule has 0 radical (unpaired) electrons. The fourth-order valence-corrected chi connectivity index (χ4v) is 3.47. The van der Waals surface area contributed by atoms with Crippen LogP contribution in [0, 0.1) is 0 Å². The minimum Gasteiger partial charge on any atom is -0.409 e. The highest BCUT2D eigenvalue weighted by molar-refractivity contribution is 6.22. The van der Waals surface area contributed by atoms with Gasteiger partial charge >= 0.3 is 6.09 Å². The topological polar surface area (TPSA) is 95.9 Å². The van der Waals surface area contributed by atoms with Gasteiger partial charge in [0.2, 0.25) is 0 Å². The number of nitrogens with zero attached hydrogens (tertiary/aromatic N) is 1. The van der Waals surface area contributed by atoms with Crippen molar-refractivity contribution in [3.05, 3.63) is 76.9 Å². The van der Waals surface area contributed by atoms with Gasteiger partial charge in [0.05, 0.1) is 17.2 Å². The maximum absolute atomic E-state index is 12.3. The highest BCUT2D eigenvalue weighted by Gasteiger charge is 2.31. The van der Waals surface area contributed by atoms with E-state index in [-0.39, 0.29) is 16.9 Å². The average molecular weight is 378 g/mol. The molecule has 2 aromatic carbocycles. The number of amides is 3. The van der Waals surface area contributed by atoms with E-state index >= 15 is 0 Å². The quantitative estimate of drug-likeness (QED) is 0.369. The lowest BCUT2D eigenvalue weighted by Gasteiger charge is -2.20. The van der Waals surface area contributed by atoms with E-state index in [1.54, 1.807) is 12.1 Å². The van der Waals surface area contributed by atoms with Gasteiger partial charge in [0.25, 0.3) is 11.8 Å². The number of imide groups is 1. The van der Waals surface area contributed by atoms with Crippen LogP contribution in [0.3, 0.4) is 0 Å². The molecule has 28 heavy (non-hydrogen) atoms. The lowest BCUT2D eigenvalue weighted by Crippen LogP contribution is -2.37. The highest BCUT2D eigenvalue weighted by Crippen LogP contribution is 2.29. The molecule has 142 valence electrons. The van der Waals surface area contributed by atoms with Crippen LogP contribution in [0.2, 0.25) is 0 Å². The van der Waals surface area contributed by atoms with Gasteiger partial charge in [0.1, 0.15) is 5.75 Å². The monoisotopic (exact) mass is 378 g/mol. The van der Waals surface area contributed by atoms with Crippen molar-refractivity contribution >= 4 is 17.9 Å². The summed E-state index contributed by atoms with van der Waals surface area (Å²) in [6, 6.07) is 11.9. The number of nitrogens with one attached hydrogen (secondary N) is 1. The van der Waals surface area contributed by atoms with Crippen molar-refractivity contribution in [1.82, 2.24) is 10.4 Å². The molecular weight excluding hydrogens is 360 g/mol. The summed E-state index contributed by atoms with van der Waals surface area (Å²) in [5, 5.41) is 12.9. The Hall–Kier alpha value is -3.45. The number of hydroxylamine groups is 2. The Morgan fingerprint density at radius 2 is 1.96 bits per heavy atom. The summed E-state index contributed by atoms with van der Waals surface area (Å²) >= 11 is 0. The van der Waals surface area contributed by atoms with Gasteiger partial charge in [-0.1, -0.05) is 42.5 Å². The number of hydrogen-bond acceptors (Lipinski definition) is 5. The van der Waals surface area contributed by atoms with E-state index < -0.39 is 23.9 Å². The second-order valence-corrected chi connectivity index (χ2v) is 6.74. The first kappa shape index (κ1) is 17.9. The van der Waals surface area contributed by atoms with Crippen LogP contribution in [0.4, 0.5) is 4.79 Å². The molecule has 0 saturated heterocycles. The summed E-state index contributed by atoms with van der Waals surface area (Å²) in [6.45, 7) is 0. The fourth-order valence-electron chi connectivity index (χ4n) is 3.47. The van der Waals surface area contributed by atoms with Crippen molar-refractivity contribution in [2.75, 3.05) is 0 Å². The van der Waals surface area contributed by atoms with Crippen molar-refractivity contribution in [2.24, 2.45) is 0 Å². The number of carbonyl (C=O) groups excluding carboxylic acids is 3. The Bertz CT molecular complexity index is 984. The molecule has 1 unspecified atom stereocenters. The standard InChI is InChI=1S/C21H18N2O5/c24-19-17-12-16(28-21(26)23(27)15-8-4-5-9-15)11-14(18(17)20(25)22-19)10-13-6-2-1-3-7-13/h1-4,6-8,11-12,15,27H,5,9-10H2,(H,22,24,25). The van der Waals surface area contributed by atoms with Crippen LogP contribution in [0.25, 0.3) is 0 Å². The Morgan fingerprint density at radius 3 is 2.68 bits per heavy atom. The predicted octanol–water partition coefficient (Wildman–Crippen LogP) is 3.07. The van der Waals surface area contributed by atoms with Crippen LogP contribution in [0.15, 0.2) is 54.6 Å². The van der Waals surface area contributed by atoms with E-state index in [9.17, 15) is 19.6 Å². The zero-order valence-corrected chi connectivity index (χ0v) is 14.9. The Labute approximate surface area is 161 Å².